The Kier molecular flexibility index (Phi) is 6.21. The summed E-state index contributed by atoms with van der Waals surface area (Å²) in [6.45, 7) is 15.2. The average molecular weight is 281 g/mol. The summed E-state index contributed by atoms with van der Waals surface area (Å²) in [5, 5.41) is 17.2. The lowest BCUT2D eigenvalue weighted by molar-refractivity contribution is 0.233. The number of hydrogen-bond donors (Lipinski definition) is 2. The van der Waals surface area contributed by atoms with Crippen molar-refractivity contribution >= 4 is 0 Å². The predicted octanol–water partition coefficient (Wildman–Crippen LogP) is 2.97. The molecular weight excluding hydrogens is 250 g/mol. The lowest BCUT2D eigenvalue weighted by atomic mass is 9.87. The van der Waals surface area contributed by atoms with Crippen molar-refractivity contribution in [2.75, 3.05) is 13.2 Å². The minimum atomic E-state index is 0.208. The second-order valence-corrected chi connectivity index (χ2v) is 6.49. The van der Waals surface area contributed by atoms with E-state index in [1.807, 2.05) is 0 Å². The van der Waals surface area contributed by atoms with Gasteiger partial charge < -0.3 is 10.4 Å². The first-order valence-corrected chi connectivity index (χ1v) is 7.70. The molecule has 1 unspecified atom stereocenters. The van der Waals surface area contributed by atoms with Gasteiger partial charge in [-0.3, -0.25) is 4.68 Å². The van der Waals surface area contributed by atoms with Crippen LogP contribution < -0.4 is 5.32 Å². The van der Waals surface area contributed by atoms with Crippen LogP contribution in [0.1, 0.15) is 63.5 Å². The van der Waals surface area contributed by atoms with Gasteiger partial charge in [0, 0.05) is 37.0 Å². The molecule has 0 amide bonds. The third kappa shape index (κ3) is 4.32. The number of rotatable bonds is 8. The van der Waals surface area contributed by atoms with Gasteiger partial charge in [0.25, 0.3) is 0 Å². The number of aromatic nitrogens is 2. The normalized spacial score (nSPS) is 13.8. The summed E-state index contributed by atoms with van der Waals surface area (Å²) in [5.74, 6) is 0. The Balaban J connectivity index is 2.67. The van der Waals surface area contributed by atoms with Crippen LogP contribution in [0, 0.1) is 19.3 Å². The zero-order chi connectivity index (χ0) is 15.3. The molecule has 1 atom stereocenters. The first kappa shape index (κ1) is 17.2. The van der Waals surface area contributed by atoms with Crippen LogP contribution in [0.3, 0.4) is 0 Å². The van der Waals surface area contributed by atoms with E-state index in [1.54, 1.807) is 0 Å². The third-order valence-electron chi connectivity index (χ3n) is 4.07. The molecule has 4 heteroatoms. The standard InChI is InChI=1S/C16H31N3O/c1-7-19-14(4)15(13(3)18-19)12(2)17-11-16(5,6)9-8-10-20/h12,17,20H,7-11H2,1-6H3. The minimum absolute atomic E-state index is 0.208. The number of nitrogens with zero attached hydrogens (tertiary/aromatic N) is 2. The van der Waals surface area contributed by atoms with Crippen LogP contribution in [0.25, 0.3) is 0 Å². The van der Waals surface area contributed by atoms with Crippen LogP contribution in [0.2, 0.25) is 0 Å². The lowest BCUT2D eigenvalue weighted by Gasteiger charge is -2.27. The molecule has 0 aliphatic heterocycles. The van der Waals surface area contributed by atoms with Crippen LogP contribution in [-0.2, 0) is 6.54 Å². The van der Waals surface area contributed by atoms with Crippen LogP contribution in [0.15, 0.2) is 0 Å². The smallest absolute Gasteiger partial charge is 0.0644 e. The van der Waals surface area contributed by atoms with E-state index in [-0.39, 0.29) is 12.0 Å². The zero-order valence-corrected chi connectivity index (χ0v) is 14.0. The zero-order valence-electron chi connectivity index (χ0n) is 14.0. The summed E-state index contributed by atoms with van der Waals surface area (Å²) >= 11 is 0. The molecule has 0 fully saturated rings. The van der Waals surface area contributed by atoms with Gasteiger partial charge in [-0.2, -0.15) is 5.10 Å². The van der Waals surface area contributed by atoms with Gasteiger partial charge in [-0.15, -0.1) is 0 Å². The van der Waals surface area contributed by atoms with Crippen molar-refractivity contribution in [2.45, 2.75) is 67.0 Å². The molecule has 0 spiro atoms. The second-order valence-electron chi connectivity index (χ2n) is 6.49. The second kappa shape index (κ2) is 7.23. The fourth-order valence-electron chi connectivity index (χ4n) is 2.82. The molecule has 0 bridgehead atoms. The molecule has 0 saturated carbocycles. The number of aryl methyl sites for hydroxylation is 2. The molecular formula is C16H31N3O. The molecule has 0 aromatic carbocycles. The highest BCUT2D eigenvalue weighted by atomic mass is 16.2. The van der Waals surface area contributed by atoms with Crippen molar-refractivity contribution in [1.82, 2.24) is 15.1 Å². The maximum atomic E-state index is 8.96. The van der Waals surface area contributed by atoms with Crippen molar-refractivity contribution in [1.29, 1.82) is 0 Å². The van der Waals surface area contributed by atoms with E-state index in [9.17, 15) is 0 Å². The molecule has 0 radical (unpaired) electrons. The Morgan fingerprint density at radius 3 is 2.50 bits per heavy atom. The third-order valence-corrected chi connectivity index (χ3v) is 4.07. The van der Waals surface area contributed by atoms with E-state index >= 15 is 0 Å². The minimum Gasteiger partial charge on any atom is -0.396 e. The molecule has 1 aromatic heterocycles. The maximum absolute atomic E-state index is 8.96. The molecule has 4 nitrogen and oxygen atoms in total. The molecule has 1 heterocycles. The Hall–Kier alpha value is -0.870. The monoisotopic (exact) mass is 281 g/mol. The van der Waals surface area contributed by atoms with E-state index in [0.29, 0.717) is 6.04 Å². The van der Waals surface area contributed by atoms with Gasteiger partial charge in [0.1, 0.15) is 0 Å². The fraction of sp³-hybridized carbons (Fsp3) is 0.812. The number of aliphatic hydroxyl groups is 1. The Morgan fingerprint density at radius 1 is 1.35 bits per heavy atom. The summed E-state index contributed by atoms with van der Waals surface area (Å²) in [5.41, 5.74) is 3.92. The summed E-state index contributed by atoms with van der Waals surface area (Å²) in [7, 11) is 0. The van der Waals surface area contributed by atoms with Crippen LogP contribution >= 0.6 is 0 Å². The van der Waals surface area contributed by atoms with Gasteiger partial charge in [-0.05, 0) is 46.0 Å². The van der Waals surface area contributed by atoms with Gasteiger partial charge in [0.05, 0.1) is 5.69 Å². The Bertz CT molecular complexity index is 424. The summed E-state index contributed by atoms with van der Waals surface area (Å²) in [6, 6.07) is 0.309. The van der Waals surface area contributed by atoms with Gasteiger partial charge in [-0.1, -0.05) is 13.8 Å². The number of aliphatic hydroxyl groups excluding tert-OH is 1. The Labute approximate surface area is 123 Å². The molecule has 1 rings (SSSR count). The van der Waals surface area contributed by atoms with Crippen molar-refractivity contribution in [3.8, 4) is 0 Å². The molecule has 116 valence electrons. The van der Waals surface area contributed by atoms with Crippen LogP contribution in [0.5, 0.6) is 0 Å². The highest BCUT2D eigenvalue weighted by molar-refractivity contribution is 5.27. The summed E-state index contributed by atoms with van der Waals surface area (Å²) in [4.78, 5) is 0. The van der Waals surface area contributed by atoms with Crippen LogP contribution in [0.4, 0.5) is 0 Å². The highest BCUT2D eigenvalue weighted by Crippen LogP contribution is 2.25. The van der Waals surface area contributed by atoms with E-state index in [1.165, 1.54) is 11.3 Å². The molecule has 0 aliphatic rings. The van der Waals surface area contributed by atoms with Gasteiger partial charge in [-0.25, -0.2) is 0 Å². The van der Waals surface area contributed by atoms with Gasteiger partial charge >= 0.3 is 0 Å². The molecule has 2 N–H and O–H groups in total. The van der Waals surface area contributed by atoms with Crippen molar-refractivity contribution in [3.05, 3.63) is 17.0 Å². The number of nitrogens with one attached hydrogen (secondary N) is 1. The predicted molar refractivity (Wildman–Crippen MR) is 83.9 cm³/mol. The number of hydrogen-bond acceptors (Lipinski definition) is 3. The largest absolute Gasteiger partial charge is 0.396 e. The van der Waals surface area contributed by atoms with Crippen molar-refractivity contribution < 1.29 is 5.11 Å². The molecule has 20 heavy (non-hydrogen) atoms. The topological polar surface area (TPSA) is 50.1 Å². The molecule has 0 saturated heterocycles. The molecule has 1 aromatic rings. The Morgan fingerprint density at radius 2 is 2.00 bits per heavy atom. The van der Waals surface area contributed by atoms with Crippen LogP contribution in [-0.4, -0.2) is 28.0 Å². The first-order valence-electron chi connectivity index (χ1n) is 7.70. The van der Waals surface area contributed by atoms with E-state index < -0.39 is 0 Å². The van der Waals surface area contributed by atoms with E-state index in [0.717, 1.165) is 31.6 Å². The summed E-state index contributed by atoms with van der Waals surface area (Å²) in [6.07, 6.45) is 1.91. The fourth-order valence-corrected chi connectivity index (χ4v) is 2.82. The van der Waals surface area contributed by atoms with Gasteiger partial charge in [0.15, 0.2) is 0 Å². The van der Waals surface area contributed by atoms with E-state index in [4.69, 9.17) is 5.11 Å². The van der Waals surface area contributed by atoms with E-state index in [2.05, 4.69) is 56.6 Å². The molecule has 0 aliphatic carbocycles. The highest BCUT2D eigenvalue weighted by Gasteiger charge is 2.21. The maximum Gasteiger partial charge on any atom is 0.0644 e. The average Bonchev–Trinajstić information content (AvgIpc) is 2.68. The SMILES string of the molecule is CCn1nc(C)c(C(C)NCC(C)(C)CCCO)c1C. The van der Waals surface area contributed by atoms with Crippen molar-refractivity contribution in [2.24, 2.45) is 5.41 Å². The lowest BCUT2D eigenvalue weighted by Crippen LogP contribution is -2.32. The van der Waals surface area contributed by atoms with Gasteiger partial charge in [0.2, 0.25) is 0 Å². The van der Waals surface area contributed by atoms with Crippen molar-refractivity contribution in [3.63, 3.8) is 0 Å². The first-order chi connectivity index (χ1) is 9.32. The summed E-state index contributed by atoms with van der Waals surface area (Å²) < 4.78 is 2.07. The quantitative estimate of drug-likeness (QED) is 0.770.